The van der Waals surface area contributed by atoms with Crippen molar-refractivity contribution in [3.05, 3.63) is 64.7 Å². The van der Waals surface area contributed by atoms with Crippen LogP contribution in [0, 0.1) is 0 Å². The van der Waals surface area contributed by atoms with E-state index in [0.717, 1.165) is 23.3 Å². The number of hydrogen-bond donors (Lipinski definition) is 1. The summed E-state index contributed by atoms with van der Waals surface area (Å²) in [4.78, 5) is 11.9. The van der Waals surface area contributed by atoms with Gasteiger partial charge < -0.3 is 10.1 Å². The molecule has 0 spiro atoms. The van der Waals surface area contributed by atoms with E-state index in [1.165, 1.54) is 0 Å². The van der Waals surface area contributed by atoms with Crippen LogP contribution < -0.4 is 10.1 Å². The molecule has 0 unspecified atom stereocenters. The molecule has 0 saturated carbocycles. The number of nitrogens with one attached hydrogen (secondary N) is 1. The van der Waals surface area contributed by atoms with Crippen LogP contribution in [0.1, 0.15) is 30.9 Å². The second-order valence-corrected chi connectivity index (χ2v) is 6.15. The van der Waals surface area contributed by atoms with E-state index in [-0.39, 0.29) is 12.5 Å². The summed E-state index contributed by atoms with van der Waals surface area (Å²) < 4.78 is 5.65. The van der Waals surface area contributed by atoms with Crippen molar-refractivity contribution < 1.29 is 9.53 Å². The van der Waals surface area contributed by atoms with Crippen molar-refractivity contribution >= 4 is 17.5 Å². The summed E-state index contributed by atoms with van der Waals surface area (Å²) in [5, 5.41) is 3.57. The standard InChI is InChI=1S/C19H22ClNO2/c1-14(2)17-8-3-4-9-18(17)23-13-19(22)21-11-10-15-6-5-7-16(20)12-15/h3-9,12,14H,10-11,13H2,1-2H3,(H,21,22). The molecule has 0 aliphatic rings. The van der Waals surface area contributed by atoms with Gasteiger partial charge in [0.05, 0.1) is 0 Å². The van der Waals surface area contributed by atoms with E-state index >= 15 is 0 Å². The van der Waals surface area contributed by atoms with Gasteiger partial charge in [0.2, 0.25) is 0 Å². The maximum atomic E-state index is 11.9. The first-order chi connectivity index (χ1) is 11.1. The zero-order valence-corrected chi connectivity index (χ0v) is 14.3. The molecule has 4 heteroatoms. The molecular weight excluding hydrogens is 310 g/mol. The normalized spacial score (nSPS) is 10.6. The fourth-order valence-corrected chi connectivity index (χ4v) is 2.53. The lowest BCUT2D eigenvalue weighted by atomic mass is 10.0. The minimum Gasteiger partial charge on any atom is -0.483 e. The minimum absolute atomic E-state index is 0.0271. The summed E-state index contributed by atoms with van der Waals surface area (Å²) in [6.45, 7) is 4.80. The smallest absolute Gasteiger partial charge is 0.257 e. The SMILES string of the molecule is CC(C)c1ccccc1OCC(=O)NCCc1cccc(Cl)c1. The minimum atomic E-state index is -0.120. The van der Waals surface area contributed by atoms with Gasteiger partial charge in [0.1, 0.15) is 5.75 Å². The van der Waals surface area contributed by atoms with Gasteiger partial charge in [-0.25, -0.2) is 0 Å². The maximum Gasteiger partial charge on any atom is 0.257 e. The Balaban J connectivity index is 1.77. The number of halogens is 1. The zero-order valence-electron chi connectivity index (χ0n) is 13.5. The van der Waals surface area contributed by atoms with Crippen LogP contribution in [0.15, 0.2) is 48.5 Å². The zero-order chi connectivity index (χ0) is 16.7. The van der Waals surface area contributed by atoms with Crippen LogP contribution in [-0.2, 0) is 11.2 Å². The van der Waals surface area contributed by atoms with E-state index < -0.39 is 0 Å². The molecule has 122 valence electrons. The molecule has 2 aromatic carbocycles. The van der Waals surface area contributed by atoms with Crippen molar-refractivity contribution in [2.24, 2.45) is 0 Å². The van der Waals surface area contributed by atoms with Crippen LogP contribution in [0.25, 0.3) is 0 Å². The highest BCUT2D eigenvalue weighted by atomic mass is 35.5. The molecular formula is C19H22ClNO2. The Bertz CT molecular complexity index is 655. The summed E-state index contributed by atoms with van der Waals surface area (Å²) >= 11 is 5.94. The largest absolute Gasteiger partial charge is 0.483 e. The van der Waals surface area contributed by atoms with E-state index in [1.807, 2.05) is 48.5 Å². The molecule has 0 aliphatic heterocycles. The Kier molecular flexibility index (Phi) is 6.48. The molecule has 0 fully saturated rings. The van der Waals surface area contributed by atoms with E-state index in [0.29, 0.717) is 17.5 Å². The van der Waals surface area contributed by atoms with Gasteiger partial charge in [-0.3, -0.25) is 4.79 Å². The molecule has 2 rings (SSSR count). The van der Waals surface area contributed by atoms with Crippen LogP contribution in [0.5, 0.6) is 5.75 Å². The Labute approximate surface area is 142 Å². The predicted molar refractivity (Wildman–Crippen MR) is 94.2 cm³/mol. The third-order valence-corrected chi connectivity index (χ3v) is 3.76. The number of para-hydroxylation sites is 1. The fourth-order valence-electron chi connectivity index (χ4n) is 2.32. The number of amides is 1. The van der Waals surface area contributed by atoms with E-state index in [2.05, 4.69) is 19.2 Å². The van der Waals surface area contributed by atoms with Crippen LogP contribution in [0.4, 0.5) is 0 Å². The van der Waals surface area contributed by atoms with Crippen molar-refractivity contribution in [1.82, 2.24) is 5.32 Å². The average Bonchev–Trinajstić information content (AvgIpc) is 2.53. The van der Waals surface area contributed by atoms with Crippen LogP contribution in [0.2, 0.25) is 5.02 Å². The Morgan fingerprint density at radius 1 is 1.17 bits per heavy atom. The molecule has 23 heavy (non-hydrogen) atoms. The second-order valence-electron chi connectivity index (χ2n) is 5.71. The third kappa shape index (κ3) is 5.61. The quantitative estimate of drug-likeness (QED) is 0.825. The number of hydrogen-bond acceptors (Lipinski definition) is 2. The van der Waals surface area contributed by atoms with Crippen molar-refractivity contribution in [1.29, 1.82) is 0 Å². The number of carbonyl (C=O) groups is 1. The summed E-state index contributed by atoms with van der Waals surface area (Å²) in [6, 6.07) is 15.5. The average molecular weight is 332 g/mol. The van der Waals surface area contributed by atoms with Crippen LogP contribution >= 0.6 is 11.6 Å². The van der Waals surface area contributed by atoms with Gasteiger partial charge in [0.25, 0.3) is 5.91 Å². The Morgan fingerprint density at radius 2 is 1.96 bits per heavy atom. The van der Waals surface area contributed by atoms with Gasteiger partial charge in [-0.1, -0.05) is 55.8 Å². The van der Waals surface area contributed by atoms with Crippen molar-refractivity contribution in [3.8, 4) is 5.75 Å². The van der Waals surface area contributed by atoms with Gasteiger partial charge in [-0.05, 0) is 41.7 Å². The van der Waals surface area contributed by atoms with Gasteiger partial charge in [-0.2, -0.15) is 0 Å². The first-order valence-corrected chi connectivity index (χ1v) is 8.17. The van der Waals surface area contributed by atoms with Crippen molar-refractivity contribution in [3.63, 3.8) is 0 Å². The van der Waals surface area contributed by atoms with Gasteiger partial charge in [0, 0.05) is 11.6 Å². The van der Waals surface area contributed by atoms with E-state index in [1.54, 1.807) is 0 Å². The molecule has 1 amide bonds. The molecule has 0 heterocycles. The lowest BCUT2D eigenvalue weighted by molar-refractivity contribution is -0.123. The lowest BCUT2D eigenvalue weighted by Gasteiger charge is -2.13. The molecule has 0 bridgehead atoms. The second kappa shape index (κ2) is 8.59. The number of benzene rings is 2. The summed E-state index contributed by atoms with van der Waals surface area (Å²) in [7, 11) is 0. The summed E-state index contributed by atoms with van der Waals surface area (Å²) in [6.07, 6.45) is 0.745. The number of ether oxygens (including phenoxy) is 1. The third-order valence-electron chi connectivity index (χ3n) is 3.52. The van der Waals surface area contributed by atoms with Crippen molar-refractivity contribution in [2.75, 3.05) is 13.2 Å². The van der Waals surface area contributed by atoms with Gasteiger partial charge in [0.15, 0.2) is 6.61 Å². The van der Waals surface area contributed by atoms with E-state index in [9.17, 15) is 4.79 Å². The van der Waals surface area contributed by atoms with Crippen LogP contribution in [0.3, 0.4) is 0 Å². The first kappa shape index (κ1) is 17.4. The molecule has 1 N–H and O–H groups in total. The van der Waals surface area contributed by atoms with E-state index in [4.69, 9.17) is 16.3 Å². The molecule has 0 atom stereocenters. The molecule has 0 aliphatic carbocycles. The summed E-state index contributed by atoms with van der Waals surface area (Å²) in [5.74, 6) is 1.01. The highest BCUT2D eigenvalue weighted by molar-refractivity contribution is 6.30. The lowest BCUT2D eigenvalue weighted by Crippen LogP contribution is -2.30. The molecule has 2 aromatic rings. The maximum absolute atomic E-state index is 11.9. The Morgan fingerprint density at radius 3 is 2.70 bits per heavy atom. The molecule has 3 nitrogen and oxygen atoms in total. The van der Waals surface area contributed by atoms with Crippen molar-refractivity contribution in [2.45, 2.75) is 26.2 Å². The first-order valence-electron chi connectivity index (χ1n) is 7.79. The Hall–Kier alpha value is -2.00. The highest BCUT2D eigenvalue weighted by Gasteiger charge is 2.09. The molecule has 0 aromatic heterocycles. The molecule has 0 saturated heterocycles. The summed E-state index contributed by atoms with van der Waals surface area (Å²) in [5.41, 5.74) is 2.21. The fraction of sp³-hybridized carbons (Fsp3) is 0.316. The molecule has 0 radical (unpaired) electrons. The number of rotatable bonds is 7. The van der Waals surface area contributed by atoms with Gasteiger partial charge in [-0.15, -0.1) is 0 Å². The predicted octanol–water partition coefficient (Wildman–Crippen LogP) is 4.20. The number of carbonyl (C=O) groups excluding carboxylic acids is 1. The monoisotopic (exact) mass is 331 g/mol. The van der Waals surface area contributed by atoms with Gasteiger partial charge >= 0.3 is 0 Å². The topological polar surface area (TPSA) is 38.3 Å². The van der Waals surface area contributed by atoms with Crippen LogP contribution in [-0.4, -0.2) is 19.1 Å². The highest BCUT2D eigenvalue weighted by Crippen LogP contribution is 2.25.